The van der Waals surface area contributed by atoms with Crippen LogP contribution in [0, 0.1) is 0 Å². The molecule has 1 aromatic heterocycles. The molecule has 0 fully saturated rings. The number of thiazole rings is 1. The standard InChI is InChI=1S/C12H11BrN2O3S/c1-17-8-4-3-5-9(18-2)10(8)15-11(16)7-6-19-12(13)14-7/h3-6H,1-2H3,(H,15,16). The molecule has 0 aliphatic rings. The van der Waals surface area contributed by atoms with Crippen LogP contribution >= 0.6 is 27.3 Å². The summed E-state index contributed by atoms with van der Waals surface area (Å²) in [6.07, 6.45) is 0. The van der Waals surface area contributed by atoms with Crippen molar-refractivity contribution in [3.63, 3.8) is 0 Å². The number of rotatable bonds is 4. The van der Waals surface area contributed by atoms with Crippen LogP contribution in [0.4, 0.5) is 5.69 Å². The first kappa shape index (κ1) is 13.8. The summed E-state index contributed by atoms with van der Waals surface area (Å²) in [4.78, 5) is 16.1. The molecule has 0 bridgehead atoms. The van der Waals surface area contributed by atoms with Crippen LogP contribution in [-0.2, 0) is 0 Å². The topological polar surface area (TPSA) is 60.5 Å². The van der Waals surface area contributed by atoms with Crippen molar-refractivity contribution < 1.29 is 14.3 Å². The van der Waals surface area contributed by atoms with Gasteiger partial charge in [0.15, 0.2) is 3.92 Å². The van der Waals surface area contributed by atoms with Gasteiger partial charge in [0, 0.05) is 5.38 Å². The highest BCUT2D eigenvalue weighted by molar-refractivity contribution is 9.11. The third-order valence-corrected chi connectivity index (χ3v) is 3.74. The molecule has 19 heavy (non-hydrogen) atoms. The van der Waals surface area contributed by atoms with Crippen LogP contribution in [0.1, 0.15) is 10.5 Å². The normalized spacial score (nSPS) is 10.1. The molecule has 0 atom stereocenters. The number of para-hydroxylation sites is 1. The van der Waals surface area contributed by atoms with Gasteiger partial charge in [0.25, 0.3) is 5.91 Å². The second-order valence-electron chi connectivity index (χ2n) is 3.48. The largest absolute Gasteiger partial charge is 0.494 e. The summed E-state index contributed by atoms with van der Waals surface area (Å²) in [6.45, 7) is 0. The molecule has 1 aromatic carbocycles. The molecule has 1 N–H and O–H groups in total. The van der Waals surface area contributed by atoms with Crippen molar-refractivity contribution in [3.05, 3.63) is 33.2 Å². The molecule has 7 heteroatoms. The van der Waals surface area contributed by atoms with Crippen molar-refractivity contribution in [3.8, 4) is 11.5 Å². The molecule has 0 spiro atoms. The molecule has 0 aliphatic carbocycles. The monoisotopic (exact) mass is 342 g/mol. The fourth-order valence-corrected chi connectivity index (χ4v) is 2.50. The maximum Gasteiger partial charge on any atom is 0.275 e. The van der Waals surface area contributed by atoms with Crippen molar-refractivity contribution in [2.45, 2.75) is 0 Å². The number of carbonyl (C=O) groups is 1. The zero-order chi connectivity index (χ0) is 13.8. The van der Waals surface area contributed by atoms with Gasteiger partial charge in [0.1, 0.15) is 22.9 Å². The molecule has 0 aliphatic heterocycles. The van der Waals surface area contributed by atoms with Gasteiger partial charge in [-0.15, -0.1) is 11.3 Å². The molecule has 0 saturated carbocycles. The summed E-state index contributed by atoms with van der Waals surface area (Å²) in [7, 11) is 3.06. The van der Waals surface area contributed by atoms with Crippen LogP contribution in [0.25, 0.3) is 0 Å². The average molecular weight is 343 g/mol. The Balaban J connectivity index is 2.30. The van der Waals surface area contributed by atoms with Gasteiger partial charge in [-0.3, -0.25) is 4.79 Å². The smallest absolute Gasteiger partial charge is 0.275 e. The second-order valence-corrected chi connectivity index (χ2v) is 5.61. The van der Waals surface area contributed by atoms with Crippen LogP contribution in [0.2, 0.25) is 0 Å². The first-order valence-corrected chi connectivity index (χ1v) is 6.96. The summed E-state index contributed by atoms with van der Waals surface area (Å²) in [5.41, 5.74) is 0.825. The van der Waals surface area contributed by atoms with E-state index in [1.807, 2.05) is 0 Å². The van der Waals surface area contributed by atoms with E-state index in [-0.39, 0.29) is 5.91 Å². The molecular weight excluding hydrogens is 332 g/mol. The van der Waals surface area contributed by atoms with E-state index in [9.17, 15) is 4.79 Å². The van der Waals surface area contributed by atoms with Crippen molar-refractivity contribution in [2.24, 2.45) is 0 Å². The Kier molecular flexibility index (Phi) is 4.39. The number of carbonyl (C=O) groups excluding carboxylic acids is 1. The SMILES string of the molecule is COc1cccc(OC)c1NC(=O)c1csc(Br)n1. The average Bonchev–Trinajstić information content (AvgIpc) is 2.85. The second kappa shape index (κ2) is 6.03. The predicted molar refractivity (Wildman–Crippen MR) is 77.3 cm³/mol. The summed E-state index contributed by atoms with van der Waals surface area (Å²) in [6, 6.07) is 5.27. The maximum absolute atomic E-state index is 12.1. The lowest BCUT2D eigenvalue weighted by atomic mass is 10.2. The minimum Gasteiger partial charge on any atom is -0.494 e. The highest BCUT2D eigenvalue weighted by Gasteiger charge is 2.16. The Morgan fingerprint density at radius 2 is 1.95 bits per heavy atom. The fourth-order valence-electron chi connectivity index (χ4n) is 1.51. The Morgan fingerprint density at radius 3 is 2.42 bits per heavy atom. The van der Waals surface area contributed by atoms with E-state index in [0.29, 0.717) is 26.8 Å². The van der Waals surface area contributed by atoms with Gasteiger partial charge in [0.2, 0.25) is 0 Å². The summed E-state index contributed by atoms with van der Waals surface area (Å²) >= 11 is 4.57. The van der Waals surface area contributed by atoms with Gasteiger partial charge in [-0.05, 0) is 28.1 Å². The molecule has 2 rings (SSSR count). The van der Waals surface area contributed by atoms with Crippen LogP contribution in [-0.4, -0.2) is 25.1 Å². The van der Waals surface area contributed by atoms with Crippen LogP contribution < -0.4 is 14.8 Å². The molecule has 1 heterocycles. The predicted octanol–water partition coefficient (Wildman–Crippen LogP) is 3.18. The van der Waals surface area contributed by atoms with Gasteiger partial charge < -0.3 is 14.8 Å². The number of hydrogen-bond donors (Lipinski definition) is 1. The van der Waals surface area contributed by atoms with E-state index in [1.54, 1.807) is 23.6 Å². The minimum atomic E-state index is -0.315. The Bertz CT molecular complexity index is 578. The molecule has 100 valence electrons. The number of aromatic nitrogens is 1. The van der Waals surface area contributed by atoms with E-state index in [1.165, 1.54) is 25.6 Å². The van der Waals surface area contributed by atoms with Gasteiger partial charge in [-0.2, -0.15) is 0 Å². The quantitative estimate of drug-likeness (QED) is 0.926. The Labute approximate surface area is 122 Å². The van der Waals surface area contributed by atoms with E-state index in [2.05, 4.69) is 26.2 Å². The number of halogens is 1. The number of benzene rings is 1. The van der Waals surface area contributed by atoms with Gasteiger partial charge in [0.05, 0.1) is 14.2 Å². The van der Waals surface area contributed by atoms with Crippen molar-refractivity contribution >= 4 is 38.9 Å². The number of amides is 1. The molecule has 1 amide bonds. The van der Waals surface area contributed by atoms with Crippen LogP contribution in [0.15, 0.2) is 27.5 Å². The summed E-state index contributed by atoms with van der Waals surface area (Å²) in [5, 5.41) is 4.41. The first-order valence-electron chi connectivity index (χ1n) is 5.29. The van der Waals surface area contributed by atoms with Crippen molar-refractivity contribution in [2.75, 3.05) is 19.5 Å². The lowest BCUT2D eigenvalue weighted by Crippen LogP contribution is -2.13. The van der Waals surface area contributed by atoms with E-state index < -0.39 is 0 Å². The third kappa shape index (κ3) is 3.05. The van der Waals surface area contributed by atoms with E-state index >= 15 is 0 Å². The number of ether oxygens (including phenoxy) is 2. The number of nitrogens with zero attached hydrogens (tertiary/aromatic N) is 1. The third-order valence-electron chi connectivity index (χ3n) is 2.38. The number of nitrogens with one attached hydrogen (secondary N) is 1. The van der Waals surface area contributed by atoms with Gasteiger partial charge in [-0.1, -0.05) is 6.07 Å². The molecule has 0 unspecified atom stereocenters. The van der Waals surface area contributed by atoms with Gasteiger partial charge >= 0.3 is 0 Å². The molecule has 5 nitrogen and oxygen atoms in total. The molecule has 0 saturated heterocycles. The first-order chi connectivity index (χ1) is 9.15. The molecule has 2 aromatic rings. The minimum absolute atomic E-state index is 0.315. The van der Waals surface area contributed by atoms with E-state index in [4.69, 9.17) is 9.47 Å². The number of methoxy groups -OCH3 is 2. The lowest BCUT2D eigenvalue weighted by molar-refractivity contribution is 0.102. The number of hydrogen-bond acceptors (Lipinski definition) is 5. The Hall–Kier alpha value is -1.60. The van der Waals surface area contributed by atoms with Gasteiger partial charge in [-0.25, -0.2) is 4.98 Å². The number of anilines is 1. The molecule has 0 radical (unpaired) electrons. The van der Waals surface area contributed by atoms with E-state index in [0.717, 1.165) is 0 Å². The fraction of sp³-hybridized carbons (Fsp3) is 0.167. The lowest BCUT2D eigenvalue weighted by Gasteiger charge is -2.13. The van der Waals surface area contributed by atoms with Crippen LogP contribution in [0.3, 0.4) is 0 Å². The van der Waals surface area contributed by atoms with Crippen molar-refractivity contribution in [1.82, 2.24) is 4.98 Å². The van der Waals surface area contributed by atoms with Crippen LogP contribution in [0.5, 0.6) is 11.5 Å². The zero-order valence-corrected chi connectivity index (χ0v) is 12.7. The highest BCUT2D eigenvalue weighted by Crippen LogP contribution is 2.34. The zero-order valence-electron chi connectivity index (χ0n) is 10.3. The molecular formula is C12H11BrN2O3S. The highest BCUT2D eigenvalue weighted by atomic mass is 79.9. The summed E-state index contributed by atoms with van der Waals surface area (Å²) in [5.74, 6) is 0.744. The van der Waals surface area contributed by atoms with Crippen molar-refractivity contribution in [1.29, 1.82) is 0 Å². The maximum atomic E-state index is 12.1. The Morgan fingerprint density at radius 1 is 1.32 bits per heavy atom. The summed E-state index contributed by atoms with van der Waals surface area (Å²) < 4.78 is 11.1.